The summed E-state index contributed by atoms with van der Waals surface area (Å²) in [6.45, 7) is 2.00. The van der Waals surface area contributed by atoms with Crippen molar-refractivity contribution in [2.45, 2.75) is 6.92 Å². The van der Waals surface area contributed by atoms with E-state index >= 15 is 0 Å². The van der Waals surface area contributed by atoms with E-state index in [0.29, 0.717) is 17.1 Å². The normalized spacial score (nSPS) is 9.47. The van der Waals surface area contributed by atoms with Gasteiger partial charge in [-0.3, -0.25) is 4.79 Å². The summed E-state index contributed by atoms with van der Waals surface area (Å²) in [4.78, 5) is 13.0. The SMILES string of the molecule is C#CCN(C)c1ccc(C(C)=O)c(Cl)c1. The number of Topliss-reactive ketones (excluding diaryl/α,β-unsaturated/α-hetero) is 1. The number of ketones is 1. The van der Waals surface area contributed by atoms with Crippen LogP contribution in [0.5, 0.6) is 0 Å². The molecule has 0 saturated carbocycles. The fraction of sp³-hybridized carbons (Fsp3) is 0.250. The van der Waals surface area contributed by atoms with Crippen LogP contribution in [0, 0.1) is 12.3 Å². The number of nitrogens with zero attached hydrogens (tertiary/aromatic N) is 1. The Morgan fingerprint density at radius 3 is 2.73 bits per heavy atom. The van der Waals surface area contributed by atoms with Crippen molar-refractivity contribution in [1.29, 1.82) is 0 Å². The van der Waals surface area contributed by atoms with Gasteiger partial charge < -0.3 is 4.90 Å². The van der Waals surface area contributed by atoms with Crippen molar-refractivity contribution in [2.24, 2.45) is 0 Å². The topological polar surface area (TPSA) is 20.3 Å². The van der Waals surface area contributed by atoms with Crippen LogP contribution >= 0.6 is 11.6 Å². The van der Waals surface area contributed by atoms with Crippen molar-refractivity contribution in [1.82, 2.24) is 0 Å². The number of hydrogen-bond acceptors (Lipinski definition) is 2. The molecule has 15 heavy (non-hydrogen) atoms. The molecule has 0 aliphatic rings. The van der Waals surface area contributed by atoms with E-state index in [-0.39, 0.29) is 5.78 Å². The van der Waals surface area contributed by atoms with E-state index in [1.165, 1.54) is 6.92 Å². The molecule has 1 aromatic rings. The first-order valence-electron chi connectivity index (χ1n) is 4.51. The van der Waals surface area contributed by atoms with Crippen molar-refractivity contribution in [3.05, 3.63) is 28.8 Å². The molecule has 0 radical (unpaired) electrons. The zero-order valence-electron chi connectivity index (χ0n) is 8.75. The van der Waals surface area contributed by atoms with Gasteiger partial charge in [0, 0.05) is 18.3 Å². The number of rotatable bonds is 3. The first-order valence-corrected chi connectivity index (χ1v) is 4.89. The number of benzene rings is 1. The molecule has 0 saturated heterocycles. The highest BCUT2D eigenvalue weighted by molar-refractivity contribution is 6.34. The van der Waals surface area contributed by atoms with E-state index in [1.807, 2.05) is 18.0 Å². The van der Waals surface area contributed by atoms with Crippen LogP contribution in [-0.2, 0) is 0 Å². The lowest BCUT2D eigenvalue weighted by atomic mass is 10.1. The molecule has 0 amide bonds. The van der Waals surface area contributed by atoms with Gasteiger partial charge in [-0.25, -0.2) is 0 Å². The van der Waals surface area contributed by atoms with E-state index in [9.17, 15) is 4.79 Å². The van der Waals surface area contributed by atoms with Gasteiger partial charge in [-0.05, 0) is 25.1 Å². The summed E-state index contributed by atoms with van der Waals surface area (Å²) in [5.41, 5.74) is 1.44. The largest absolute Gasteiger partial charge is 0.363 e. The van der Waals surface area contributed by atoms with E-state index in [2.05, 4.69) is 5.92 Å². The van der Waals surface area contributed by atoms with Gasteiger partial charge >= 0.3 is 0 Å². The maximum atomic E-state index is 11.1. The standard InChI is InChI=1S/C12H12ClNO/c1-4-7-14(3)10-5-6-11(9(2)15)12(13)8-10/h1,5-6,8H,7H2,2-3H3. The van der Waals surface area contributed by atoms with Gasteiger partial charge in [-0.2, -0.15) is 0 Å². The van der Waals surface area contributed by atoms with Crippen LogP contribution in [-0.4, -0.2) is 19.4 Å². The molecule has 0 aliphatic carbocycles. The molecule has 0 bridgehead atoms. The van der Waals surface area contributed by atoms with Gasteiger partial charge in [-0.1, -0.05) is 17.5 Å². The molecule has 0 unspecified atom stereocenters. The second-order valence-electron chi connectivity index (χ2n) is 3.28. The quantitative estimate of drug-likeness (QED) is 0.578. The Hall–Kier alpha value is -1.46. The van der Waals surface area contributed by atoms with Crippen LogP contribution < -0.4 is 4.90 Å². The molecule has 0 heterocycles. The van der Waals surface area contributed by atoms with Gasteiger partial charge in [-0.15, -0.1) is 6.42 Å². The Morgan fingerprint density at radius 2 is 2.27 bits per heavy atom. The fourth-order valence-corrected chi connectivity index (χ4v) is 1.56. The third-order valence-electron chi connectivity index (χ3n) is 2.10. The number of carbonyl (C=O) groups excluding carboxylic acids is 1. The predicted octanol–water partition coefficient (Wildman–Crippen LogP) is 2.61. The maximum absolute atomic E-state index is 11.1. The lowest BCUT2D eigenvalue weighted by Crippen LogP contribution is -2.17. The number of halogens is 1. The minimum Gasteiger partial charge on any atom is -0.363 e. The summed E-state index contributed by atoms with van der Waals surface area (Å²) < 4.78 is 0. The lowest BCUT2D eigenvalue weighted by molar-refractivity contribution is 0.101. The molecule has 3 heteroatoms. The second-order valence-corrected chi connectivity index (χ2v) is 3.69. The third-order valence-corrected chi connectivity index (χ3v) is 2.41. The number of terminal acetylenes is 1. The fourth-order valence-electron chi connectivity index (χ4n) is 1.26. The molecule has 1 rings (SSSR count). The molecule has 78 valence electrons. The molecule has 0 aliphatic heterocycles. The Kier molecular flexibility index (Phi) is 3.76. The third kappa shape index (κ3) is 2.74. The van der Waals surface area contributed by atoms with Crippen LogP contribution in [0.4, 0.5) is 5.69 Å². The second kappa shape index (κ2) is 4.86. The Morgan fingerprint density at radius 1 is 1.60 bits per heavy atom. The minimum absolute atomic E-state index is 0.0360. The predicted molar refractivity (Wildman–Crippen MR) is 63.6 cm³/mol. The van der Waals surface area contributed by atoms with Crippen LogP contribution in [0.3, 0.4) is 0 Å². The van der Waals surface area contributed by atoms with Gasteiger partial charge in [0.05, 0.1) is 11.6 Å². The zero-order chi connectivity index (χ0) is 11.4. The highest BCUT2D eigenvalue weighted by atomic mass is 35.5. The smallest absolute Gasteiger partial charge is 0.161 e. The Bertz CT molecular complexity index is 420. The summed E-state index contributed by atoms with van der Waals surface area (Å²) in [5, 5.41) is 0.462. The summed E-state index contributed by atoms with van der Waals surface area (Å²) >= 11 is 5.97. The molecule has 0 fully saturated rings. The van der Waals surface area contributed by atoms with Crippen molar-refractivity contribution in [3.8, 4) is 12.3 Å². The summed E-state index contributed by atoms with van der Waals surface area (Å²) in [6, 6.07) is 5.29. The van der Waals surface area contributed by atoms with Crippen molar-refractivity contribution >= 4 is 23.1 Å². The first-order chi connectivity index (χ1) is 7.06. The molecule has 0 spiro atoms. The van der Waals surface area contributed by atoms with Crippen molar-refractivity contribution < 1.29 is 4.79 Å². The highest BCUT2D eigenvalue weighted by Gasteiger charge is 2.07. The van der Waals surface area contributed by atoms with Crippen LogP contribution in [0.25, 0.3) is 0 Å². The monoisotopic (exact) mass is 221 g/mol. The molecule has 2 nitrogen and oxygen atoms in total. The van der Waals surface area contributed by atoms with E-state index in [1.54, 1.807) is 12.1 Å². The maximum Gasteiger partial charge on any atom is 0.161 e. The average Bonchev–Trinajstić information content (AvgIpc) is 2.17. The molecule has 0 N–H and O–H groups in total. The van der Waals surface area contributed by atoms with Crippen LogP contribution in [0.15, 0.2) is 18.2 Å². The average molecular weight is 222 g/mol. The molecular formula is C12H12ClNO. The molecular weight excluding hydrogens is 210 g/mol. The van der Waals surface area contributed by atoms with Gasteiger partial charge in [0.1, 0.15) is 0 Å². The first kappa shape index (κ1) is 11.6. The number of hydrogen-bond donors (Lipinski definition) is 0. The van der Waals surface area contributed by atoms with Crippen molar-refractivity contribution in [2.75, 3.05) is 18.5 Å². The molecule has 0 aromatic heterocycles. The summed E-state index contributed by atoms with van der Waals surface area (Å²) in [5.74, 6) is 2.50. The van der Waals surface area contributed by atoms with Gasteiger partial charge in [0.15, 0.2) is 5.78 Å². The summed E-state index contributed by atoms with van der Waals surface area (Å²) in [7, 11) is 1.87. The Labute approximate surface area is 94.8 Å². The van der Waals surface area contributed by atoms with Gasteiger partial charge in [0.2, 0.25) is 0 Å². The number of anilines is 1. The lowest BCUT2D eigenvalue weighted by Gasteiger charge is -2.16. The van der Waals surface area contributed by atoms with E-state index in [4.69, 9.17) is 18.0 Å². The van der Waals surface area contributed by atoms with E-state index < -0.39 is 0 Å². The molecule has 0 atom stereocenters. The zero-order valence-corrected chi connectivity index (χ0v) is 9.51. The van der Waals surface area contributed by atoms with Gasteiger partial charge in [0.25, 0.3) is 0 Å². The minimum atomic E-state index is -0.0360. The van der Waals surface area contributed by atoms with Crippen LogP contribution in [0.2, 0.25) is 5.02 Å². The molecule has 1 aromatic carbocycles. The Balaban J connectivity index is 3.02. The summed E-state index contributed by atoms with van der Waals surface area (Å²) in [6.07, 6.45) is 5.20. The van der Waals surface area contributed by atoms with E-state index in [0.717, 1.165) is 5.69 Å². The highest BCUT2D eigenvalue weighted by Crippen LogP contribution is 2.23. The van der Waals surface area contributed by atoms with Crippen LogP contribution in [0.1, 0.15) is 17.3 Å². The number of carbonyl (C=O) groups is 1. The van der Waals surface area contributed by atoms with Crippen molar-refractivity contribution in [3.63, 3.8) is 0 Å².